The monoisotopic (exact) mass is 522 g/mol. The quantitative estimate of drug-likeness (QED) is 0.475. The number of anilines is 3. The number of hydrogen-bond acceptors (Lipinski definition) is 7. The molecule has 11 nitrogen and oxygen atoms in total. The van der Waals surface area contributed by atoms with Gasteiger partial charge in [-0.05, 0) is 48.5 Å². The summed E-state index contributed by atoms with van der Waals surface area (Å²) in [7, 11) is 1.64. The Labute approximate surface area is 222 Å². The molecule has 2 fully saturated rings. The number of hydrogen-bond donors (Lipinski definition) is 3. The lowest BCUT2D eigenvalue weighted by atomic mass is 10.1. The van der Waals surface area contributed by atoms with Crippen LogP contribution in [-0.2, 0) is 19.2 Å². The average Bonchev–Trinajstić information content (AvgIpc) is 2.91. The van der Waals surface area contributed by atoms with Crippen LogP contribution >= 0.6 is 0 Å². The molecular formula is C27H34N6O5. The summed E-state index contributed by atoms with van der Waals surface area (Å²) in [6.07, 6.45) is -0.143. The van der Waals surface area contributed by atoms with Crippen LogP contribution in [0.1, 0.15) is 13.3 Å². The van der Waals surface area contributed by atoms with Gasteiger partial charge < -0.3 is 30.5 Å². The van der Waals surface area contributed by atoms with Gasteiger partial charge in [-0.3, -0.25) is 24.1 Å². The summed E-state index contributed by atoms with van der Waals surface area (Å²) in [5.41, 5.74) is 2.26. The lowest BCUT2D eigenvalue weighted by molar-refractivity contribution is -0.145. The lowest BCUT2D eigenvalue weighted by Crippen LogP contribution is -2.60. The van der Waals surface area contributed by atoms with E-state index < -0.39 is 6.04 Å². The van der Waals surface area contributed by atoms with Crippen LogP contribution in [0.25, 0.3) is 0 Å². The maximum absolute atomic E-state index is 13.2. The molecule has 2 aliphatic rings. The molecule has 38 heavy (non-hydrogen) atoms. The number of benzene rings is 2. The molecule has 1 atom stereocenters. The summed E-state index contributed by atoms with van der Waals surface area (Å²) in [6, 6.07) is 13.7. The fourth-order valence-corrected chi connectivity index (χ4v) is 4.68. The van der Waals surface area contributed by atoms with Gasteiger partial charge in [0.15, 0.2) is 0 Å². The third-order valence-electron chi connectivity index (χ3n) is 6.69. The van der Waals surface area contributed by atoms with Gasteiger partial charge in [-0.2, -0.15) is 0 Å². The molecule has 2 aromatic rings. The van der Waals surface area contributed by atoms with Crippen molar-refractivity contribution in [3.63, 3.8) is 0 Å². The second kappa shape index (κ2) is 12.4. The van der Waals surface area contributed by atoms with Gasteiger partial charge in [0.1, 0.15) is 11.8 Å². The van der Waals surface area contributed by atoms with E-state index in [2.05, 4.69) is 25.8 Å². The first-order valence-corrected chi connectivity index (χ1v) is 12.7. The number of methoxy groups -OCH3 is 1. The molecule has 0 aromatic heterocycles. The summed E-state index contributed by atoms with van der Waals surface area (Å²) in [4.78, 5) is 55.6. The Hall–Kier alpha value is -4.12. The number of ether oxygens (including phenoxy) is 1. The van der Waals surface area contributed by atoms with E-state index in [1.807, 2.05) is 24.3 Å². The molecular weight excluding hydrogens is 488 g/mol. The normalized spacial score (nSPS) is 17.9. The highest BCUT2D eigenvalue weighted by Gasteiger charge is 2.35. The molecule has 2 saturated heterocycles. The molecule has 1 unspecified atom stereocenters. The van der Waals surface area contributed by atoms with E-state index in [1.54, 1.807) is 31.4 Å². The van der Waals surface area contributed by atoms with Crippen molar-refractivity contribution in [2.75, 3.05) is 68.5 Å². The first-order chi connectivity index (χ1) is 18.3. The molecule has 4 rings (SSSR count). The van der Waals surface area contributed by atoms with Crippen LogP contribution in [-0.4, -0.2) is 92.4 Å². The summed E-state index contributed by atoms with van der Waals surface area (Å²) in [5.74, 6) is -0.230. The summed E-state index contributed by atoms with van der Waals surface area (Å²) in [6.45, 7) is 5.35. The molecule has 4 amide bonds. The van der Waals surface area contributed by atoms with Crippen LogP contribution in [0.5, 0.6) is 5.75 Å². The highest BCUT2D eigenvalue weighted by molar-refractivity contribution is 5.98. The van der Waals surface area contributed by atoms with Crippen molar-refractivity contribution in [3.05, 3.63) is 48.5 Å². The van der Waals surface area contributed by atoms with Gasteiger partial charge in [0, 0.05) is 63.3 Å². The van der Waals surface area contributed by atoms with Crippen molar-refractivity contribution in [1.82, 2.24) is 15.1 Å². The second-order valence-corrected chi connectivity index (χ2v) is 9.37. The maximum atomic E-state index is 13.2. The highest BCUT2D eigenvalue weighted by Crippen LogP contribution is 2.21. The smallest absolute Gasteiger partial charge is 0.243 e. The van der Waals surface area contributed by atoms with Crippen molar-refractivity contribution in [2.24, 2.45) is 0 Å². The fourth-order valence-electron chi connectivity index (χ4n) is 4.68. The van der Waals surface area contributed by atoms with E-state index in [1.165, 1.54) is 11.8 Å². The first kappa shape index (κ1) is 26.9. The van der Waals surface area contributed by atoms with Crippen LogP contribution in [0.3, 0.4) is 0 Å². The van der Waals surface area contributed by atoms with Gasteiger partial charge in [0.05, 0.1) is 20.1 Å². The van der Waals surface area contributed by atoms with Crippen LogP contribution in [0.15, 0.2) is 48.5 Å². The number of nitrogens with zero attached hydrogens (tertiary/aromatic N) is 3. The van der Waals surface area contributed by atoms with Crippen LogP contribution < -0.4 is 25.6 Å². The van der Waals surface area contributed by atoms with Crippen LogP contribution in [0, 0.1) is 0 Å². The maximum Gasteiger partial charge on any atom is 0.243 e. The number of piperazine rings is 2. The van der Waals surface area contributed by atoms with Crippen molar-refractivity contribution >= 4 is 40.7 Å². The van der Waals surface area contributed by atoms with E-state index >= 15 is 0 Å². The Morgan fingerprint density at radius 2 is 1.55 bits per heavy atom. The Balaban J connectivity index is 1.29. The number of nitrogens with one attached hydrogen (secondary N) is 3. The minimum atomic E-state index is -0.865. The zero-order valence-electron chi connectivity index (χ0n) is 21.7. The molecule has 2 aromatic carbocycles. The second-order valence-electron chi connectivity index (χ2n) is 9.37. The Bertz CT molecular complexity index is 1150. The zero-order chi connectivity index (χ0) is 27.1. The summed E-state index contributed by atoms with van der Waals surface area (Å²) >= 11 is 0. The Morgan fingerprint density at radius 3 is 2.16 bits per heavy atom. The van der Waals surface area contributed by atoms with E-state index in [0.717, 1.165) is 37.6 Å². The van der Waals surface area contributed by atoms with E-state index in [-0.39, 0.29) is 36.6 Å². The standard InChI is InChI=1S/C27H34N6O5/c1-19(34)29-20-3-5-21(6-4-20)30-25(35)17-24-27(37)28-11-12-33(24)26(36)18-31-13-15-32(16-14-31)22-7-9-23(38-2)10-8-22/h3-10,24H,11-18H2,1-2H3,(H,28,37)(H,29,34)(H,30,35). The molecule has 0 bridgehead atoms. The fraction of sp³-hybridized carbons (Fsp3) is 0.407. The van der Waals surface area contributed by atoms with Crippen LogP contribution in [0.4, 0.5) is 17.1 Å². The van der Waals surface area contributed by atoms with Gasteiger partial charge in [-0.15, -0.1) is 0 Å². The van der Waals surface area contributed by atoms with Gasteiger partial charge in [0.2, 0.25) is 23.6 Å². The van der Waals surface area contributed by atoms with E-state index in [9.17, 15) is 19.2 Å². The molecule has 2 aliphatic heterocycles. The average molecular weight is 523 g/mol. The van der Waals surface area contributed by atoms with Gasteiger partial charge >= 0.3 is 0 Å². The molecule has 3 N–H and O–H groups in total. The number of amides is 4. The first-order valence-electron chi connectivity index (χ1n) is 12.7. The molecule has 202 valence electrons. The predicted molar refractivity (Wildman–Crippen MR) is 144 cm³/mol. The number of carbonyl (C=O) groups excluding carboxylic acids is 4. The molecule has 2 heterocycles. The minimum absolute atomic E-state index is 0.143. The Kier molecular flexibility index (Phi) is 8.80. The van der Waals surface area contributed by atoms with Gasteiger partial charge in [-0.25, -0.2) is 0 Å². The third kappa shape index (κ3) is 7.00. The number of carbonyl (C=O) groups is 4. The van der Waals surface area contributed by atoms with E-state index in [0.29, 0.717) is 24.5 Å². The van der Waals surface area contributed by atoms with Crippen LogP contribution in [0.2, 0.25) is 0 Å². The third-order valence-corrected chi connectivity index (χ3v) is 6.69. The SMILES string of the molecule is COc1ccc(N2CCN(CC(=O)N3CCNC(=O)C3CC(=O)Nc3ccc(NC(C)=O)cc3)CC2)cc1. The van der Waals surface area contributed by atoms with Crippen molar-refractivity contribution in [3.8, 4) is 5.75 Å². The van der Waals surface area contributed by atoms with Crippen molar-refractivity contribution < 1.29 is 23.9 Å². The van der Waals surface area contributed by atoms with Crippen molar-refractivity contribution in [1.29, 1.82) is 0 Å². The topological polar surface area (TPSA) is 123 Å². The van der Waals surface area contributed by atoms with Crippen molar-refractivity contribution in [2.45, 2.75) is 19.4 Å². The Morgan fingerprint density at radius 1 is 0.921 bits per heavy atom. The molecule has 0 radical (unpaired) electrons. The molecule has 11 heteroatoms. The molecule has 0 spiro atoms. The minimum Gasteiger partial charge on any atom is -0.497 e. The highest BCUT2D eigenvalue weighted by atomic mass is 16.5. The molecule has 0 saturated carbocycles. The predicted octanol–water partition coefficient (Wildman–Crippen LogP) is 1.13. The van der Waals surface area contributed by atoms with Gasteiger partial charge in [-0.1, -0.05) is 0 Å². The van der Waals surface area contributed by atoms with Gasteiger partial charge in [0.25, 0.3) is 0 Å². The summed E-state index contributed by atoms with van der Waals surface area (Å²) < 4.78 is 5.23. The molecule has 0 aliphatic carbocycles. The number of rotatable bonds is 8. The summed E-state index contributed by atoms with van der Waals surface area (Å²) in [5, 5.41) is 8.19. The largest absolute Gasteiger partial charge is 0.497 e. The lowest BCUT2D eigenvalue weighted by Gasteiger charge is -2.39. The van der Waals surface area contributed by atoms with E-state index in [4.69, 9.17) is 4.74 Å². The zero-order valence-corrected chi connectivity index (χ0v) is 21.7.